The summed E-state index contributed by atoms with van der Waals surface area (Å²) < 4.78 is 1.86. The first-order chi connectivity index (χ1) is 9.45. The second kappa shape index (κ2) is 4.44. The highest BCUT2D eigenvalue weighted by atomic mass is 15.3. The molecule has 104 valence electrons. The van der Waals surface area contributed by atoms with Crippen molar-refractivity contribution in [1.82, 2.24) is 19.6 Å². The summed E-state index contributed by atoms with van der Waals surface area (Å²) in [5.41, 5.74) is 4.74. The van der Waals surface area contributed by atoms with Crippen LogP contribution in [0.5, 0.6) is 0 Å². The smallest absolute Gasteiger partial charge is 0.184 e. The van der Waals surface area contributed by atoms with Gasteiger partial charge in [-0.1, -0.05) is 0 Å². The Hall–Kier alpha value is -2.17. The molecule has 20 heavy (non-hydrogen) atoms. The van der Waals surface area contributed by atoms with Gasteiger partial charge in [0.25, 0.3) is 0 Å². The van der Waals surface area contributed by atoms with E-state index in [-0.39, 0.29) is 0 Å². The van der Waals surface area contributed by atoms with E-state index in [0.717, 1.165) is 39.4 Å². The highest BCUT2D eigenvalue weighted by Gasteiger charge is 2.14. The molecule has 0 atom stereocenters. The number of fused-ring (bicyclic) bond motifs is 3. The number of hydrogen-bond acceptors (Lipinski definition) is 4. The van der Waals surface area contributed by atoms with Crippen molar-refractivity contribution in [2.75, 3.05) is 5.32 Å². The van der Waals surface area contributed by atoms with Crippen LogP contribution >= 0.6 is 0 Å². The van der Waals surface area contributed by atoms with E-state index in [4.69, 9.17) is 0 Å². The maximum Gasteiger partial charge on any atom is 0.184 e. The summed E-state index contributed by atoms with van der Waals surface area (Å²) in [5, 5.41) is 9.06. The van der Waals surface area contributed by atoms with Crippen molar-refractivity contribution in [2.45, 2.75) is 40.7 Å². The van der Waals surface area contributed by atoms with Gasteiger partial charge in [0, 0.05) is 23.5 Å². The van der Waals surface area contributed by atoms with Crippen molar-refractivity contribution >= 4 is 22.5 Å². The maximum atomic E-state index is 4.64. The van der Waals surface area contributed by atoms with Crippen LogP contribution in [0.15, 0.2) is 12.1 Å². The van der Waals surface area contributed by atoms with Crippen LogP contribution < -0.4 is 5.32 Å². The Labute approximate surface area is 118 Å². The fourth-order valence-electron chi connectivity index (χ4n) is 2.54. The summed E-state index contributed by atoms with van der Waals surface area (Å²) in [5.74, 6) is 0.956. The summed E-state index contributed by atoms with van der Waals surface area (Å²) in [6.45, 7) is 10.3. The number of aryl methyl sites for hydroxylation is 3. The third-order valence-electron chi connectivity index (χ3n) is 3.24. The van der Waals surface area contributed by atoms with Crippen LogP contribution in [0.3, 0.4) is 0 Å². The third-order valence-corrected chi connectivity index (χ3v) is 3.24. The Bertz CT molecular complexity index is 801. The molecule has 0 aliphatic rings. The molecule has 3 aromatic heterocycles. The monoisotopic (exact) mass is 269 g/mol. The SMILES string of the molecule is Cc1cc(C)c2c(n1)nn1c(NC(C)C)cc(C)nc21. The van der Waals surface area contributed by atoms with Gasteiger partial charge in [-0.3, -0.25) is 0 Å². The number of anilines is 1. The van der Waals surface area contributed by atoms with Gasteiger partial charge in [0.2, 0.25) is 0 Å². The fraction of sp³-hybridized carbons (Fsp3) is 0.400. The molecule has 0 saturated carbocycles. The molecule has 5 heteroatoms. The first-order valence-corrected chi connectivity index (χ1v) is 6.86. The van der Waals surface area contributed by atoms with E-state index >= 15 is 0 Å². The van der Waals surface area contributed by atoms with Crippen molar-refractivity contribution in [1.29, 1.82) is 0 Å². The zero-order valence-electron chi connectivity index (χ0n) is 12.5. The van der Waals surface area contributed by atoms with Gasteiger partial charge in [-0.25, -0.2) is 9.97 Å². The summed E-state index contributed by atoms with van der Waals surface area (Å²) in [4.78, 5) is 9.17. The number of nitrogens with one attached hydrogen (secondary N) is 1. The van der Waals surface area contributed by atoms with Crippen molar-refractivity contribution in [3.05, 3.63) is 29.1 Å². The lowest BCUT2D eigenvalue weighted by Crippen LogP contribution is -2.14. The Morgan fingerprint density at radius 2 is 1.75 bits per heavy atom. The molecule has 3 heterocycles. The van der Waals surface area contributed by atoms with Crippen molar-refractivity contribution in [3.8, 4) is 0 Å². The first kappa shape index (κ1) is 12.8. The predicted octanol–water partition coefficient (Wildman–Crippen LogP) is 3.02. The molecule has 3 rings (SSSR count). The molecule has 0 bridgehead atoms. The molecule has 0 aromatic carbocycles. The quantitative estimate of drug-likeness (QED) is 0.777. The molecular weight excluding hydrogens is 250 g/mol. The van der Waals surface area contributed by atoms with Crippen LogP contribution in [0.2, 0.25) is 0 Å². The lowest BCUT2D eigenvalue weighted by molar-refractivity contribution is 0.850. The summed E-state index contributed by atoms with van der Waals surface area (Å²) in [6, 6.07) is 4.42. The van der Waals surface area contributed by atoms with Crippen LogP contribution in [-0.2, 0) is 0 Å². The zero-order chi connectivity index (χ0) is 14.4. The minimum absolute atomic E-state index is 0.336. The second-order valence-corrected chi connectivity index (χ2v) is 5.60. The average Bonchev–Trinajstić information content (AvgIpc) is 2.66. The summed E-state index contributed by atoms with van der Waals surface area (Å²) in [7, 11) is 0. The number of aromatic nitrogens is 4. The molecule has 0 amide bonds. The zero-order valence-corrected chi connectivity index (χ0v) is 12.5. The Morgan fingerprint density at radius 3 is 2.45 bits per heavy atom. The largest absolute Gasteiger partial charge is 0.368 e. The van der Waals surface area contributed by atoms with Gasteiger partial charge in [0.05, 0.1) is 5.39 Å². The first-order valence-electron chi connectivity index (χ1n) is 6.86. The van der Waals surface area contributed by atoms with Crippen LogP contribution in [0.25, 0.3) is 16.7 Å². The summed E-state index contributed by atoms with van der Waals surface area (Å²) >= 11 is 0. The Morgan fingerprint density at radius 1 is 1.05 bits per heavy atom. The molecule has 0 fully saturated rings. The molecule has 5 nitrogen and oxygen atoms in total. The van der Waals surface area contributed by atoms with Gasteiger partial charge in [-0.05, 0) is 46.2 Å². The van der Waals surface area contributed by atoms with Crippen molar-refractivity contribution in [3.63, 3.8) is 0 Å². The van der Waals surface area contributed by atoms with E-state index in [2.05, 4.69) is 47.2 Å². The van der Waals surface area contributed by atoms with Gasteiger partial charge in [0.1, 0.15) is 5.82 Å². The Kier molecular flexibility index (Phi) is 2.85. The minimum Gasteiger partial charge on any atom is -0.368 e. The minimum atomic E-state index is 0.336. The number of nitrogens with zero attached hydrogens (tertiary/aromatic N) is 4. The molecule has 0 radical (unpaired) electrons. The van der Waals surface area contributed by atoms with E-state index in [1.54, 1.807) is 0 Å². The van der Waals surface area contributed by atoms with Crippen LogP contribution in [0.1, 0.15) is 30.8 Å². The average molecular weight is 269 g/mol. The molecule has 3 aromatic rings. The van der Waals surface area contributed by atoms with Crippen molar-refractivity contribution < 1.29 is 0 Å². The normalized spacial score (nSPS) is 11.7. The number of pyridine rings is 1. The molecule has 0 aliphatic carbocycles. The number of rotatable bonds is 2. The highest BCUT2D eigenvalue weighted by Crippen LogP contribution is 2.24. The second-order valence-electron chi connectivity index (χ2n) is 5.60. The highest BCUT2D eigenvalue weighted by molar-refractivity contribution is 5.93. The van der Waals surface area contributed by atoms with E-state index in [0.29, 0.717) is 6.04 Å². The van der Waals surface area contributed by atoms with Gasteiger partial charge < -0.3 is 5.32 Å². The molecular formula is C15H19N5. The van der Waals surface area contributed by atoms with Gasteiger partial charge >= 0.3 is 0 Å². The van der Waals surface area contributed by atoms with E-state index < -0.39 is 0 Å². The maximum absolute atomic E-state index is 4.64. The van der Waals surface area contributed by atoms with E-state index in [1.165, 1.54) is 0 Å². The number of hydrogen-bond donors (Lipinski definition) is 1. The molecule has 0 saturated heterocycles. The van der Waals surface area contributed by atoms with Crippen LogP contribution in [0, 0.1) is 20.8 Å². The summed E-state index contributed by atoms with van der Waals surface area (Å²) in [6.07, 6.45) is 0. The lowest BCUT2D eigenvalue weighted by Gasteiger charge is -2.11. The topological polar surface area (TPSA) is 55.1 Å². The molecule has 0 aliphatic heterocycles. The standard InChI is InChI=1S/C15H19N5/c1-8(2)16-12-7-11(5)18-15-13-9(3)6-10(4)17-14(13)19-20(12)15/h6-8,16H,1-5H3. The molecule has 1 N–H and O–H groups in total. The van der Waals surface area contributed by atoms with E-state index in [9.17, 15) is 0 Å². The molecule has 0 spiro atoms. The predicted molar refractivity (Wildman–Crippen MR) is 81.3 cm³/mol. The van der Waals surface area contributed by atoms with Gasteiger partial charge in [-0.2, -0.15) is 4.52 Å². The van der Waals surface area contributed by atoms with Crippen LogP contribution in [0.4, 0.5) is 5.82 Å². The fourth-order valence-corrected chi connectivity index (χ4v) is 2.54. The van der Waals surface area contributed by atoms with Crippen LogP contribution in [-0.4, -0.2) is 25.6 Å². The van der Waals surface area contributed by atoms with E-state index in [1.807, 2.05) is 24.4 Å². The van der Waals surface area contributed by atoms with Crippen molar-refractivity contribution in [2.24, 2.45) is 0 Å². The third kappa shape index (κ3) is 1.99. The lowest BCUT2D eigenvalue weighted by atomic mass is 10.2. The van der Waals surface area contributed by atoms with Gasteiger partial charge in [0.15, 0.2) is 11.3 Å². The Balaban J connectivity index is 2.41. The van der Waals surface area contributed by atoms with Gasteiger partial charge in [-0.15, -0.1) is 5.10 Å². The molecule has 0 unspecified atom stereocenters.